The molecule has 0 aliphatic heterocycles. The highest BCUT2D eigenvalue weighted by atomic mass is 16.2. The summed E-state index contributed by atoms with van der Waals surface area (Å²) >= 11 is 0. The maximum Gasteiger partial charge on any atom is 0.238 e. The smallest absolute Gasteiger partial charge is 0.238 e. The van der Waals surface area contributed by atoms with E-state index in [0.29, 0.717) is 17.8 Å². The van der Waals surface area contributed by atoms with Crippen LogP contribution in [0, 0.1) is 0 Å². The fourth-order valence-electron chi connectivity index (χ4n) is 1.45. The molecule has 1 rings (SSSR count). The molecule has 0 aliphatic rings. The molecule has 0 unspecified atom stereocenters. The van der Waals surface area contributed by atoms with Crippen LogP contribution in [0.2, 0.25) is 0 Å². The standard InChI is InChI=1S/C13H19N3O2/c1-2-3-8-12(17)15-10-6-4-5-7-11(10)16-13(18)9-14/h4-7H,2-3,8-9,14H2,1H3,(H,15,17)(H,16,18). The van der Waals surface area contributed by atoms with Crippen LogP contribution in [0.15, 0.2) is 24.3 Å². The van der Waals surface area contributed by atoms with E-state index < -0.39 is 0 Å². The summed E-state index contributed by atoms with van der Waals surface area (Å²) in [6, 6.07) is 7.06. The molecular formula is C13H19N3O2. The molecule has 4 N–H and O–H groups in total. The van der Waals surface area contributed by atoms with Crippen molar-refractivity contribution in [1.29, 1.82) is 0 Å². The van der Waals surface area contributed by atoms with Gasteiger partial charge in [-0.3, -0.25) is 9.59 Å². The number of hydrogen-bond acceptors (Lipinski definition) is 3. The Bertz CT molecular complexity index is 418. The van der Waals surface area contributed by atoms with E-state index in [1.807, 2.05) is 6.92 Å². The second-order valence-electron chi connectivity index (χ2n) is 3.95. The summed E-state index contributed by atoms with van der Waals surface area (Å²) in [5.74, 6) is -0.337. The molecule has 2 amide bonds. The van der Waals surface area contributed by atoms with Gasteiger partial charge in [-0.25, -0.2) is 0 Å². The summed E-state index contributed by atoms with van der Waals surface area (Å²) in [6.45, 7) is 1.95. The molecule has 0 radical (unpaired) electrons. The summed E-state index contributed by atoms with van der Waals surface area (Å²) in [5.41, 5.74) is 6.40. The van der Waals surface area contributed by atoms with Gasteiger partial charge in [0.05, 0.1) is 17.9 Å². The van der Waals surface area contributed by atoms with Crippen LogP contribution < -0.4 is 16.4 Å². The van der Waals surface area contributed by atoms with Crippen LogP contribution in [0.5, 0.6) is 0 Å². The number of rotatable bonds is 6. The van der Waals surface area contributed by atoms with Crippen molar-refractivity contribution in [3.05, 3.63) is 24.3 Å². The molecule has 0 heterocycles. The number of anilines is 2. The first-order valence-electron chi connectivity index (χ1n) is 6.06. The van der Waals surface area contributed by atoms with E-state index in [-0.39, 0.29) is 18.4 Å². The zero-order chi connectivity index (χ0) is 13.4. The summed E-state index contributed by atoms with van der Waals surface area (Å²) in [4.78, 5) is 22.9. The van der Waals surface area contributed by atoms with Gasteiger partial charge in [-0.1, -0.05) is 25.5 Å². The van der Waals surface area contributed by atoms with Gasteiger partial charge in [-0.15, -0.1) is 0 Å². The van der Waals surface area contributed by atoms with E-state index >= 15 is 0 Å². The number of para-hydroxylation sites is 2. The lowest BCUT2D eigenvalue weighted by Crippen LogP contribution is -2.23. The maximum absolute atomic E-state index is 11.6. The average molecular weight is 249 g/mol. The first-order chi connectivity index (χ1) is 8.67. The van der Waals surface area contributed by atoms with Crippen molar-refractivity contribution in [1.82, 2.24) is 0 Å². The largest absolute Gasteiger partial charge is 0.324 e. The van der Waals surface area contributed by atoms with Crippen molar-refractivity contribution >= 4 is 23.2 Å². The molecule has 0 atom stereocenters. The van der Waals surface area contributed by atoms with E-state index in [9.17, 15) is 9.59 Å². The SMILES string of the molecule is CCCCC(=O)Nc1ccccc1NC(=O)CN. The average Bonchev–Trinajstić information content (AvgIpc) is 2.38. The molecule has 18 heavy (non-hydrogen) atoms. The molecule has 1 aromatic carbocycles. The summed E-state index contributed by atoms with van der Waals surface area (Å²) < 4.78 is 0. The Kier molecular flexibility index (Phi) is 5.87. The highest BCUT2D eigenvalue weighted by Crippen LogP contribution is 2.21. The van der Waals surface area contributed by atoms with Crippen LogP contribution in [0.1, 0.15) is 26.2 Å². The third-order valence-electron chi connectivity index (χ3n) is 2.42. The highest BCUT2D eigenvalue weighted by molar-refractivity contribution is 5.99. The normalized spacial score (nSPS) is 9.89. The van der Waals surface area contributed by atoms with Gasteiger partial charge in [-0.2, -0.15) is 0 Å². The molecule has 0 aromatic heterocycles. The molecule has 5 heteroatoms. The lowest BCUT2D eigenvalue weighted by Gasteiger charge is -2.11. The first kappa shape index (κ1) is 14.2. The fourth-order valence-corrected chi connectivity index (χ4v) is 1.45. The number of benzene rings is 1. The van der Waals surface area contributed by atoms with Crippen molar-refractivity contribution in [2.24, 2.45) is 5.73 Å². The number of nitrogens with one attached hydrogen (secondary N) is 2. The summed E-state index contributed by atoms with van der Waals surface area (Å²) in [7, 11) is 0. The summed E-state index contributed by atoms with van der Waals surface area (Å²) in [6.07, 6.45) is 2.30. The number of carbonyl (C=O) groups is 2. The zero-order valence-corrected chi connectivity index (χ0v) is 10.5. The lowest BCUT2D eigenvalue weighted by molar-refractivity contribution is -0.116. The van der Waals surface area contributed by atoms with Gasteiger partial charge >= 0.3 is 0 Å². The Labute approximate surface area is 107 Å². The van der Waals surface area contributed by atoms with Crippen LogP contribution in [0.4, 0.5) is 11.4 Å². The lowest BCUT2D eigenvalue weighted by atomic mass is 10.2. The molecule has 0 bridgehead atoms. The third kappa shape index (κ3) is 4.55. The second kappa shape index (κ2) is 7.45. The Morgan fingerprint density at radius 3 is 2.17 bits per heavy atom. The van der Waals surface area contributed by atoms with E-state index in [4.69, 9.17) is 5.73 Å². The van der Waals surface area contributed by atoms with Gasteiger partial charge in [0.1, 0.15) is 0 Å². The van der Waals surface area contributed by atoms with Crippen molar-refractivity contribution in [3.8, 4) is 0 Å². The van der Waals surface area contributed by atoms with E-state index in [1.165, 1.54) is 0 Å². The van der Waals surface area contributed by atoms with Crippen LogP contribution >= 0.6 is 0 Å². The Balaban J connectivity index is 2.69. The number of carbonyl (C=O) groups excluding carboxylic acids is 2. The van der Waals surface area contributed by atoms with E-state index in [2.05, 4.69) is 10.6 Å². The van der Waals surface area contributed by atoms with Gasteiger partial charge in [0.15, 0.2) is 0 Å². The quantitative estimate of drug-likeness (QED) is 0.717. The maximum atomic E-state index is 11.6. The molecule has 0 saturated carbocycles. The number of nitrogens with two attached hydrogens (primary N) is 1. The molecule has 0 saturated heterocycles. The van der Waals surface area contributed by atoms with E-state index in [0.717, 1.165) is 12.8 Å². The van der Waals surface area contributed by atoms with Crippen molar-refractivity contribution < 1.29 is 9.59 Å². The minimum atomic E-state index is -0.287. The van der Waals surface area contributed by atoms with E-state index in [1.54, 1.807) is 24.3 Å². The molecular weight excluding hydrogens is 230 g/mol. The monoisotopic (exact) mass is 249 g/mol. The Hall–Kier alpha value is -1.88. The summed E-state index contributed by atoms with van der Waals surface area (Å²) in [5, 5.41) is 5.42. The van der Waals surface area contributed by atoms with Crippen LogP contribution in [0.25, 0.3) is 0 Å². The fraction of sp³-hybridized carbons (Fsp3) is 0.385. The van der Waals surface area contributed by atoms with Gasteiger partial charge in [0.2, 0.25) is 11.8 Å². The Morgan fingerprint density at radius 2 is 1.67 bits per heavy atom. The molecule has 0 spiro atoms. The minimum absolute atomic E-state index is 0.0497. The topological polar surface area (TPSA) is 84.2 Å². The van der Waals surface area contributed by atoms with Gasteiger partial charge in [0, 0.05) is 6.42 Å². The highest BCUT2D eigenvalue weighted by Gasteiger charge is 2.07. The predicted molar refractivity (Wildman–Crippen MR) is 72.3 cm³/mol. The number of hydrogen-bond donors (Lipinski definition) is 3. The molecule has 1 aromatic rings. The third-order valence-corrected chi connectivity index (χ3v) is 2.42. The molecule has 98 valence electrons. The van der Waals surface area contributed by atoms with Gasteiger partial charge < -0.3 is 16.4 Å². The predicted octanol–water partition coefficient (Wildman–Crippen LogP) is 1.71. The van der Waals surface area contributed by atoms with Crippen LogP contribution in [-0.2, 0) is 9.59 Å². The minimum Gasteiger partial charge on any atom is -0.324 e. The second-order valence-corrected chi connectivity index (χ2v) is 3.95. The molecule has 5 nitrogen and oxygen atoms in total. The van der Waals surface area contributed by atoms with Gasteiger partial charge in [0.25, 0.3) is 0 Å². The van der Waals surface area contributed by atoms with Gasteiger partial charge in [-0.05, 0) is 18.6 Å². The van der Waals surface area contributed by atoms with Crippen LogP contribution in [-0.4, -0.2) is 18.4 Å². The van der Waals surface area contributed by atoms with Crippen molar-refractivity contribution in [3.63, 3.8) is 0 Å². The Morgan fingerprint density at radius 1 is 1.11 bits per heavy atom. The number of unbranched alkanes of at least 4 members (excludes halogenated alkanes) is 1. The molecule has 0 fully saturated rings. The zero-order valence-electron chi connectivity index (χ0n) is 10.5. The van der Waals surface area contributed by atoms with Crippen LogP contribution in [0.3, 0.4) is 0 Å². The molecule has 0 aliphatic carbocycles. The van der Waals surface area contributed by atoms with Crippen molar-refractivity contribution in [2.45, 2.75) is 26.2 Å². The number of amides is 2. The van der Waals surface area contributed by atoms with Crippen molar-refractivity contribution in [2.75, 3.05) is 17.2 Å². The first-order valence-corrected chi connectivity index (χ1v) is 6.06.